The molecule has 2 aromatic carbocycles. The van der Waals surface area contributed by atoms with Crippen molar-refractivity contribution in [3.05, 3.63) is 71.9 Å². The van der Waals surface area contributed by atoms with Gasteiger partial charge in [0.2, 0.25) is 5.95 Å². The van der Waals surface area contributed by atoms with Crippen LogP contribution >= 0.6 is 0 Å². The smallest absolute Gasteiger partial charge is 0.245 e. The number of anilines is 1. The minimum absolute atomic E-state index is 0.392. The van der Waals surface area contributed by atoms with Gasteiger partial charge >= 0.3 is 0 Å². The molecule has 5 nitrogen and oxygen atoms in total. The van der Waals surface area contributed by atoms with Gasteiger partial charge in [0.15, 0.2) is 0 Å². The van der Waals surface area contributed by atoms with Gasteiger partial charge in [-0.3, -0.25) is 0 Å². The van der Waals surface area contributed by atoms with Gasteiger partial charge in [0, 0.05) is 12.6 Å². The fourth-order valence-corrected chi connectivity index (χ4v) is 2.57. The number of hydrogen-bond donors (Lipinski definition) is 1. The van der Waals surface area contributed by atoms with Crippen LogP contribution < -0.4 is 4.90 Å². The average molecular weight is 320 g/mol. The Morgan fingerprint density at radius 1 is 1.04 bits per heavy atom. The van der Waals surface area contributed by atoms with E-state index < -0.39 is 6.10 Å². The zero-order valence-corrected chi connectivity index (χ0v) is 13.8. The van der Waals surface area contributed by atoms with Crippen LogP contribution in [-0.2, 0) is 0 Å². The Bertz CT molecular complexity index is 807. The molecule has 0 aliphatic heterocycles. The van der Waals surface area contributed by atoms with Gasteiger partial charge in [-0.25, -0.2) is 4.98 Å². The zero-order chi connectivity index (χ0) is 16.9. The first-order valence-electron chi connectivity index (χ1n) is 7.85. The number of aryl methyl sites for hydroxylation is 1. The van der Waals surface area contributed by atoms with Crippen molar-refractivity contribution in [2.45, 2.75) is 13.0 Å². The van der Waals surface area contributed by atoms with Crippen LogP contribution in [0.3, 0.4) is 0 Å². The number of aliphatic hydroxyl groups excluding tert-OH is 1. The first-order valence-corrected chi connectivity index (χ1v) is 7.85. The third-order valence-corrected chi connectivity index (χ3v) is 3.94. The summed E-state index contributed by atoms with van der Waals surface area (Å²) in [6.45, 7) is 2.43. The number of hydrogen-bond acceptors (Lipinski definition) is 5. The molecule has 1 aromatic heterocycles. The number of aromatic nitrogens is 3. The van der Waals surface area contributed by atoms with Crippen molar-refractivity contribution in [3.8, 4) is 11.3 Å². The second-order valence-electron chi connectivity index (χ2n) is 5.76. The summed E-state index contributed by atoms with van der Waals surface area (Å²) < 4.78 is 0. The van der Waals surface area contributed by atoms with Crippen molar-refractivity contribution in [1.82, 2.24) is 15.2 Å². The van der Waals surface area contributed by atoms with E-state index in [-0.39, 0.29) is 0 Å². The Hall–Kier alpha value is -2.79. The molecule has 122 valence electrons. The van der Waals surface area contributed by atoms with E-state index in [2.05, 4.69) is 15.2 Å². The van der Waals surface area contributed by atoms with E-state index in [0.717, 1.165) is 22.4 Å². The molecule has 0 amide bonds. The van der Waals surface area contributed by atoms with E-state index in [1.54, 1.807) is 6.20 Å². The van der Waals surface area contributed by atoms with Crippen molar-refractivity contribution in [2.75, 3.05) is 18.5 Å². The standard InChI is InChI=1S/C19H20N4O/c1-14-8-6-7-11-16(14)17-12-20-22-19(21-17)23(2)13-18(24)15-9-4-3-5-10-15/h3-12,18,24H,13H2,1-2H3. The largest absolute Gasteiger partial charge is 0.387 e. The molecule has 0 saturated carbocycles. The molecule has 0 aliphatic carbocycles. The van der Waals surface area contributed by atoms with Crippen LogP contribution in [0.5, 0.6) is 0 Å². The van der Waals surface area contributed by atoms with Gasteiger partial charge in [-0.1, -0.05) is 54.6 Å². The van der Waals surface area contributed by atoms with E-state index in [4.69, 9.17) is 0 Å². The second kappa shape index (κ2) is 7.19. The maximum Gasteiger partial charge on any atom is 0.245 e. The van der Waals surface area contributed by atoms with E-state index in [1.807, 2.05) is 73.5 Å². The number of nitrogens with zero attached hydrogens (tertiary/aromatic N) is 4. The maximum atomic E-state index is 10.4. The lowest BCUT2D eigenvalue weighted by molar-refractivity contribution is 0.184. The molecule has 1 atom stereocenters. The highest BCUT2D eigenvalue weighted by Gasteiger charge is 2.14. The average Bonchev–Trinajstić information content (AvgIpc) is 2.63. The lowest BCUT2D eigenvalue weighted by Crippen LogP contribution is -2.26. The summed E-state index contributed by atoms with van der Waals surface area (Å²) in [6, 6.07) is 17.6. The molecule has 3 aromatic rings. The van der Waals surface area contributed by atoms with Crippen LogP contribution in [0.25, 0.3) is 11.3 Å². The summed E-state index contributed by atoms with van der Waals surface area (Å²) in [5, 5.41) is 18.5. The molecular weight excluding hydrogens is 300 g/mol. The van der Waals surface area contributed by atoms with Crippen molar-refractivity contribution in [2.24, 2.45) is 0 Å². The van der Waals surface area contributed by atoms with E-state index in [0.29, 0.717) is 12.5 Å². The predicted octanol–water partition coefficient (Wildman–Crippen LogP) is 3.02. The number of aliphatic hydroxyl groups is 1. The minimum Gasteiger partial charge on any atom is -0.387 e. The van der Waals surface area contributed by atoms with Crippen molar-refractivity contribution < 1.29 is 5.11 Å². The molecule has 24 heavy (non-hydrogen) atoms. The molecule has 1 N–H and O–H groups in total. The molecule has 0 saturated heterocycles. The van der Waals surface area contributed by atoms with Crippen LogP contribution in [-0.4, -0.2) is 33.9 Å². The Morgan fingerprint density at radius 3 is 2.50 bits per heavy atom. The summed E-state index contributed by atoms with van der Waals surface area (Å²) in [6.07, 6.45) is 1.05. The predicted molar refractivity (Wildman–Crippen MR) is 94.7 cm³/mol. The second-order valence-corrected chi connectivity index (χ2v) is 5.76. The van der Waals surface area contributed by atoms with Crippen LogP contribution in [0.1, 0.15) is 17.2 Å². The normalized spacial score (nSPS) is 12.0. The number of likely N-dealkylation sites (N-methyl/N-ethyl adjacent to an activating group) is 1. The van der Waals surface area contributed by atoms with Crippen molar-refractivity contribution in [3.63, 3.8) is 0 Å². The molecule has 1 heterocycles. The third kappa shape index (κ3) is 3.58. The molecule has 0 radical (unpaired) electrons. The Labute approximate surface area is 141 Å². The SMILES string of the molecule is Cc1ccccc1-c1cnnc(N(C)CC(O)c2ccccc2)n1. The Kier molecular flexibility index (Phi) is 4.82. The van der Waals surface area contributed by atoms with E-state index >= 15 is 0 Å². The minimum atomic E-state index is -0.609. The highest BCUT2D eigenvalue weighted by molar-refractivity contribution is 5.63. The van der Waals surface area contributed by atoms with E-state index in [9.17, 15) is 5.11 Å². The molecule has 3 rings (SSSR count). The molecule has 0 fully saturated rings. The molecule has 0 aliphatic rings. The van der Waals surface area contributed by atoms with Gasteiger partial charge in [0.25, 0.3) is 0 Å². The fraction of sp³-hybridized carbons (Fsp3) is 0.211. The first kappa shape index (κ1) is 16.1. The van der Waals surface area contributed by atoms with Crippen molar-refractivity contribution >= 4 is 5.95 Å². The van der Waals surface area contributed by atoms with Crippen LogP contribution in [0, 0.1) is 6.92 Å². The van der Waals surface area contributed by atoms with Gasteiger partial charge < -0.3 is 10.0 Å². The van der Waals surface area contributed by atoms with Gasteiger partial charge in [0.1, 0.15) is 0 Å². The fourth-order valence-electron chi connectivity index (χ4n) is 2.57. The first-order chi connectivity index (χ1) is 11.6. The Balaban J connectivity index is 1.80. The van der Waals surface area contributed by atoms with Gasteiger partial charge in [0.05, 0.1) is 24.5 Å². The van der Waals surface area contributed by atoms with Crippen LogP contribution in [0.2, 0.25) is 0 Å². The highest BCUT2D eigenvalue weighted by Crippen LogP contribution is 2.22. The van der Waals surface area contributed by atoms with Gasteiger partial charge in [-0.2, -0.15) is 5.10 Å². The highest BCUT2D eigenvalue weighted by atomic mass is 16.3. The topological polar surface area (TPSA) is 62.1 Å². The summed E-state index contributed by atoms with van der Waals surface area (Å²) in [5.41, 5.74) is 3.81. The molecule has 5 heteroatoms. The monoisotopic (exact) mass is 320 g/mol. The lowest BCUT2D eigenvalue weighted by Gasteiger charge is -2.21. The number of benzene rings is 2. The molecule has 0 spiro atoms. The quantitative estimate of drug-likeness (QED) is 0.783. The third-order valence-electron chi connectivity index (χ3n) is 3.94. The van der Waals surface area contributed by atoms with Gasteiger partial charge in [-0.15, -0.1) is 5.10 Å². The zero-order valence-electron chi connectivity index (χ0n) is 13.8. The lowest BCUT2D eigenvalue weighted by atomic mass is 10.1. The Morgan fingerprint density at radius 2 is 1.75 bits per heavy atom. The summed E-state index contributed by atoms with van der Waals surface area (Å²) >= 11 is 0. The summed E-state index contributed by atoms with van der Waals surface area (Å²) in [4.78, 5) is 6.40. The van der Waals surface area contributed by atoms with Crippen LogP contribution in [0.4, 0.5) is 5.95 Å². The molecule has 0 bridgehead atoms. The van der Waals surface area contributed by atoms with E-state index in [1.165, 1.54) is 0 Å². The van der Waals surface area contributed by atoms with Gasteiger partial charge in [-0.05, 0) is 18.1 Å². The number of rotatable bonds is 5. The summed E-state index contributed by atoms with van der Waals surface area (Å²) in [5.74, 6) is 0.491. The van der Waals surface area contributed by atoms with Crippen LogP contribution in [0.15, 0.2) is 60.8 Å². The maximum absolute atomic E-state index is 10.4. The van der Waals surface area contributed by atoms with Crippen molar-refractivity contribution in [1.29, 1.82) is 0 Å². The molecule has 1 unspecified atom stereocenters. The molecular formula is C19H20N4O. The summed E-state index contributed by atoms with van der Waals surface area (Å²) in [7, 11) is 1.85.